The van der Waals surface area contributed by atoms with Crippen molar-refractivity contribution in [2.45, 2.75) is 42.1 Å². The Hall–Kier alpha value is -3.27. The molecule has 2 aliphatic heterocycles. The molecule has 4 atom stereocenters. The second-order valence-corrected chi connectivity index (χ2v) is 9.64. The molecule has 0 radical (unpaired) electrons. The smallest absolute Gasteiger partial charge is 0.327 e. The molecule has 3 N–H and O–H groups in total. The van der Waals surface area contributed by atoms with Gasteiger partial charge in [-0.3, -0.25) is 14.6 Å². The number of nitrogens with one attached hydrogen (secondary N) is 1. The number of phenolic OH excluding ortho intramolecular Hbond substituents is 1. The first kappa shape index (κ1) is 21.0. The van der Waals surface area contributed by atoms with Crippen LogP contribution in [0, 0.1) is 0 Å². The maximum Gasteiger partial charge on any atom is 0.327 e. The molecule has 0 spiro atoms. The largest absolute Gasteiger partial charge is 0.508 e. The summed E-state index contributed by atoms with van der Waals surface area (Å²) in [5, 5.41) is 21.4. The van der Waals surface area contributed by atoms with Gasteiger partial charge in [-0.15, -0.1) is 11.8 Å². The van der Waals surface area contributed by atoms with Crippen LogP contribution in [0.3, 0.4) is 0 Å². The maximum atomic E-state index is 13.1. The molecule has 0 aliphatic carbocycles. The Morgan fingerprint density at radius 3 is 2.61 bits per heavy atom. The van der Waals surface area contributed by atoms with Crippen LogP contribution in [0.1, 0.15) is 31.2 Å². The summed E-state index contributed by atoms with van der Waals surface area (Å²) < 4.78 is 4.54. The van der Waals surface area contributed by atoms with Crippen molar-refractivity contribution in [1.29, 1.82) is 0 Å². The van der Waals surface area contributed by atoms with E-state index in [1.165, 1.54) is 41.3 Å². The van der Waals surface area contributed by atoms with Crippen LogP contribution in [0.15, 0.2) is 52.1 Å². The summed E-state index contributed by atoms with van der Waals surface area (Å²) in [5.74, 6) is -1.50. The maximum absolute atomic E-state index is 13.1. The summed E-state index contributed by atoms with van der Waals surface area (Å²) in [7, 11) is 0. The number of carbonyl (C=O) groups excluding carboxylic acids is 2. The molecular weight excluding hydrogens is 422 g/mol. The van der Waals surface area contributed by atoms with E-state index in [1.54, 1.807) is 38.1 Å². The lowest BCUT2D eigenvalue weighted by atomic mass is 9.95. The predicted octanol–water partition coefficient (Wildman–Crippen LogP) is 1.78. The van der Waals surface area contributed by atoms with Crippen LogP contribution in [0.4, 0.5) is 0 Å². The number of aliphatic carboxylic acids is 1. The minimum Gasteiger partial charge on any atom is -0.508 e. The van der Waals surface area contributed by atoms with Gasteiger partial charge in [0.05, 0.1) is 12.5 Å². The average molecular weight is 443 g/mol. The number of aromatic hydroxyl groups is 1. The summed E-state index contributed by atoms with van der Waals surface area (Å²) in [5.41, 5.74) is 0.518. The number of aliphatic imine (C=N–C) groups is 1. The van der Waals surface area contributed by atoms with Gasteiger partial charge >= 0.3 is 5.97 Å². The minimum absolute atomic E-state index is 0.0482. The standard InChI is InChI=1S/C21H21N3O6S/c1-21(2)16(20(28)29)24-18(27)15(19(24)31-21)23-17(26)14(11-5-7-12(25)8-6-11)22-10-13-4-3-9-30-13/h3-10,14-16,19,25H,1-2H3,(H,23,26)(H,28,29)/b22-10+/t14-,15-,16+,19-/m1/s1. The number of hydrogen-bond acceptors (Lipinski definition) is 7. The van der Waals surface area contributed by atoms with Gasteiger partial charge in [-0.2, -0.15) is 0 Å². The van der Waals surface area contributed by atoms with Crippen LogP contribution in [-0.4, -0.2) is 61.3 Å². The third kappa shape index (κ3) is 3.78. The zero-order chi connectivity index (χ0) is 22.3. The number of thioether (sulfide) groups is 1. The van der Waals surface area contributed by atoms with E-state index in [0.29, 0.717) is 11.3 Å². The SMILES string of the molecule is CC1(C)S[C@@H]2[C@H](NC(=O)[C@H](/N=C/c3ccco3)c3ccc(O)cc3)C(=O)N2[C@H]1C(=O)O. The van der Waals surface area contributed by atoms with Gasteiger partial charge in [0.15, 0.2) is 6.04 Å². The minimum atomic E-state index is -1.07. The van der Waals surface area contributed by atoms with Gasteiger partial charge in [-0.05, 0) is 43.7 Å². The molecule has 2 saturated heterocycles. The van der Waals surface area contributed by atoms with Gasteiger partial charge in [-0.25, -0.2) is 4.79 Å². The molecule has 2 aromatic rings. The molecule has 3 heterocycles. The summed E-state index contributed by atoms with van der Waals surface area (Å²) in [6.45, 7) is 3.54. The second-order valence-electron chi connectivity index (χ2n) is 7.87. The Morgan fingerprint density at radius 1 is 1.29 bits per heavy atom. The third-order valence-corrected chi connectivity index (χ3v) is 6.90. The first-order valence-corrected chi connectivity index (χ1v) is 10.5. The van der Waals surface area contributed by atoms with Crippen LogP contribution in [0.25, 0.3) is 0 Å². The highest BCUT2D eigenvalue weighted by atomic mass is 32.2. The number of rotatable bonds is 6. The Bertz CT molecular complexity index is 1030. The Labute approximate surface area is 182 Å². The molecule has 2 amide bonds. The quantitative estimate of drug-likeness (QED) is 0.458. The summed E-state index contributed by atoms with van der Waals surface area (Å²) in [4.78, 5) is 43.1. The van der Waals surface area contributed by atoms with E-state index in [0.717, 1.165) is 0 Å². The first-order valence-electron chi connectivity index (χ1n) is 9.58. The Balaban J connectivity index is 1.55. The summed E-state index contributed by atoms with van der Waals surface area (Å²) in [6.07, 6.45) is 2.90. The molecule has 0 saturated carbocycles. The molecule has 9 nitrogen and oxygen atoms in total. The lowest BCUT2D eigenvalue weighted by Crippen LogP contribution is -2.70. The van der Waals surface area contributed by atoms with E-state index < -0.39 is 46.0 Å². The zero-order valence-corrected chi connectivity index (χ0v) is 17.6. The van der Waals surface area contributed by atoms with Gasteiger partial charge in [-0.1, -0.05) is 12.1 Å². The van der Waals surface area contributed by atoms with Crippen LogP contribution < -0.4 is 5.32 Å². The second kappa shape index (κ2) is 7.77. The highest BCUT2D eigenvalue weighted by Crippen LogP contribution is 2.50. The highest BCUT2D eigenvalue weighted by molar-refractivity contribution is 8.01. The Morgan fingerprint density at radius 2 is 2.00 bits per heavy atom. The van der Waals surface area contributed by atoms with E-state index in [1.807, 2.05) is 0 Å². The van der Waals surface area contributed by atoms with E-state index in [4.69, 9.17) is 4.42 Å². The van der Waals surface area contributed by atoms with Crippen molar-refractivity contribution in [1.82, 2.24) is 10.2 Å². The van der Waals surface area contributed by atoms with Crippen molar-refractivity contribution in [2.75, 3.05) is 0 Å². The van der Waals surface area contributed by atoms with Crippen molar-refractivity contribution < 1.29 is 29.0 Å². The van der Waals surface area contributed by atoms with Gasteiger partial charge in [0.2, 0.25) is 11.8 Å². The van der Waals surface area contributed by atoms with E-state index >= 15 is 0 Å². The van der Waals surface area contributed by atoms with Crippen molar-refractivity contribution >= 4 is 35.8 Å². The van der Waals surface area contributed by atoms with E-state index in [2.05, 4.69) is 10.3 Å². The van der Waals surface area contributed by atoms with Crippen LogP contribution in [-0.2, 0) is 14.4 Å². The van der Waals surface area contributed by atoms with E-state index in [-0.39, 0.29) is 5.75 Å². The fourth-order valence-electron chi connectivity index (χ4n) is 3.85. The number of furan rings is 1. The van der Waals surface area contributed by atoms with Gasteiger partial charge < -0.3 is 24.8 Å². The zero-order valence-electron chi connectivity index (χ0n) is 16.8. The number of amides is 2. The molecule has 162 valence electrons. The average Bonchev–Trinajstić information content (AvgIpc) is 3.31. The van der Waals surface area contributed by atoms with Crippen LogP contribution >= 0.6 is 11.8 Å². The Kier molecular flexibility index (Phi) is 5.26. The molecular formula is C21H21N3O6S. The highest BCUT2D eigenvalue weighted by Gasteiger charge is 2.64. The normalized spacial score (nSPS) is 25.2. The number of nitrogens with zero attached hydrogens (tertiary/aromatic N) is 2. The fourth-order valence-corrected chi connectivity index (χ4v) is 5.48. The summed E-state index contributed by atoms with van der Waals surface area (Å²) in [6, 6.07) is 6.64. The number of hydrogen-bond donors (Lipinski definition) is 3. The van der Waals surface area contributed by atoms with Gasteiger partial charge in [0.1, 0.15) is 29.0 Å². The number of carboxylic acids is 1. The molecule has 0 unspecified atom stereocenters. The molecule has 31 heavy (non-hydrogen) atoms. The van der Waals surface area contributed by atoms with Gasteiger partial charge in [0, 0.05) is 4.75 Å². The van der Waals surface area contributed by atoms with Crippen LogP contribution in [0.2, 0.25) is 0 Å². The molecule has 4 rings (SSSR count). The van der Waals surface area contributed by atoms with E-state index in [9.17, 15) is 24.6 Å². The third-order valence-electron chi connectivity index (χ3n) is 5.32. The summed E-state index contributed by atoms with van der Waals surface area (Å²) >= 11 is 1.35. The van der Waals surface area contributed by atoms with Crippen molar-refractivity contribution in [2.24, 2.45) is 4.99 Å². The molecule has 10 heteroatoms. The van der Waals surface area contributed by atoms with Crippen molar-refractivity contribution in [3.63, 3.8) is 0 Å². The van der Waals surface area contributed by atoms with Crippen LogP contribution in [0.5, 0.6) is 5.75 Å². The molecule has 1 aromatic heterocycles. The lowest BCUT2D eigenvalue weighted by Gasteiger charge is -2.43. The number of β-lactam (4-membered cyclic amide) rings is 1. The van der Waals surface area contributed by atoms with Gasteiger partial charge in [0.25, 0.3) is 0 Å². The number of phenols is 1. The molecule has 0 bridgehead atoms. The topological polar surface area (TPSA) is 132 Å². The lowest BCUT2D eigenvalue weighted by molar-refractivity contribution is -0.161. The number of carbonyl (C=O) groups is 3. The monoisotopic (exact) mass is 443 g/mol. The van der Waals surface area contributed by atoms with Crippen molar-refractivity contribution in [3.8, 4) is 5.75 Å². The number of carboxylic acid groups (broad SMARTS) is 1. The number of fused-ring (bicyclic) bond motifs is 1. The fraction of sp³-hybridized carbons (Fsp3) is 0.333. The van der Waals surface area contributed by atoms with Crippen molar-refractivity contribution in [3.05, 3.63) is 54.0 Å². The molecule has 2 fully saturated rings. The molecule has 1 aromatic carbocycles. The predicted molar refractivity (Wildman–Crippen MR) is 113 cm³/mol. The first-order chi connectivity index (χ1) is 14.7. The molecule has 2 aliphatic rings. The number of benzene rings is 1.